The van der Waals surface area contributed by atoms with E-state index in [1.807, 2.05) is 61.1 Å². The van der Waals surface area contributed by atoms with Crippen LogP contribution < -0.4 is 20.3 Å². The Morgan fingerprint density at radius 3 is 2.52 bits per heavy atom. The van der Waals surface area contributed by atoms with Gasteiger partial charge in [0.25, 0.3) is 5.91 Å². The van der Waals surface area contributed by atoms with Crippen LogP contribution in [0.4, 0.5) is 40.6 Å². The van der Waals surface area contributed by atoms with Crippen molar-refractivity contribution < 1.29 is 27.1 Å². The summed E-state index contributed by atoms with van der Waals surface area (Å²) in [4.78, 5) is 24.3. The molecule has 2 N–H and O–H groups in total. The van der Waals surface area contributed by atoms with Crippen LogP contribution in [0.5, 0.6) is 5.75 Å². The maximum absolute atomic E-state index is 13.6. The molecular weight excluding hydrogens is 578 g/mol. The number of amides is 1. The number of fused-ring (bicyclic) bond motifs is 1. The average Bonchev–Trinajstić information content (AvgIpc) is 3.25. The second-order valence-corrected chi connectivity index (χ2v) is 10.1. The minimum Gasteiger partial charge on any atom is -0.403 e. The van der Waals surface area contributed by atoms with Crippen molar-refractivity contribution in [3.05, 3.63) is 66.2 Å². The molecule has 0 fully saturated rings. The number of nitrogens with zero attached hydrogens (tertiary/aromatic N) is 5. The zero-order chi connectivity index (χ0) is 30.8. The fraction of sp³-hybridized carbons (Fsp3) is 0.250. The Morgan fingerprint density at radius 1 is 1.14 bits per heavy atom. The zero-order valence-electron chi connectivity index (χ0n) is 23.2. The number of aryl methyl sites for hydroxylation is 1. The van der Waals surface area contributed by atoms with Crippen LogP contribution in [0.15, 0.2) is 61.2 Å². The third-order valence-electron chi connectivity index (χ3n) is 6.25. The summed E-state index contributed by atoms with van der Waals surface area (Å²) in [7, 11) is 7.13. The Bertz CT molecular complexity index is 1640. The minimum atomic E-state index is -5.05. The van der Waals surface area contributed by atoms with Gasteiger partial charge in [0.2, 0.25) is 5.95 Å². The van der Waals surface area contributed by atoms with E-state index in [1.165, 1.54) is 12.3 Å². The minimum absolute atomic E-state index is 0.000297. The standard InChI is InChI=1S/C28H28ClF4N7O2/c1-16(30)26(41)35-20-12-21(24(42-28(31,32)33)13-23(20)39(4)11-10-38(2)3)36-27-34-14-19(29)25(37-27)18-15-40(5)22-9-7-6-8-17(18)22/h6-9,12-15H,1,10-11H2,2-5H3,(H,35,41)(H,34,36,37). The van der Waals surface area contributed by atoms with Gasteiger partial charge in [-0.1, -0.05) is 36.4 Å². The predicted octanol–water partition coefficient (Wildman–Crippen LogP) is 6.35. The lowest BCUT2D eigenvalue weighted by atomic mass is 10.1. The van der Waals surface area contributed by atoms with Crippen LogP contribution in [0.25, 0.3) is 22.2 Å². The number of aromatic nitrogens is 3. The number of alkyl halides is 3. The van der Waals surface area contributed by atoms with Gasteiger partial charge in [0.1, 0.15) is 0 Å². The van der Waals surface area contributed by atoms with Gasteiger partial charge in [-0.3, -0.25) is 4.79 Å². The SMILES string of the molecule is C=C(F)C(=O)Nc1cc(Nc2ncc(Cl)c(-c3cn(C)c4ccccc34)n2)c(OC(F)(F)F)cc1N(C)CCN(C)C. The largest absolute Gasteiger partial charge is 0.573 e. The van der Waals surface area contributed by atoms with E-state index in [9.17, 15) is 22.4 Å². The summed E-state index contributed by atoms with van der Waals surface area (Å²) in [6, 6.07) is 9.83. The van der Waals surface area contributed by atoms with Crippen LogP contribution in [-0.2, 0) is 11.8 Å². The number of carbonyl (C=O) groups excluding carboxylic acids is 1. The van der Waals surface area contributed by atoms with Gasteiger partial charge in [0.05, 0.1) is 34.0 Å². The molecule has 4 rings (SSSR count). The summed E-state index contributed by atoms with van der Waals surface area (Å²) in [6.07, 6.45) is -1.91. The van der Waals surface area contributed by atoms with Gasteiger partial charge in [-0.2, -0.15) is 0 Å². The molecule has 0 aliphatic carbocycles. The number of rotatable bonds is 10. The van der Waals surface area contributed by atoms with Crippen LogP contribution in [0, 0.1) is 0 Å². The summed E-state index contributed by atoms with van der Waals surface area (Å²) < 4.78 is 60.4. The van der Waals surface area contributed by atoms with Crippen LogP contribution in [0.3, 0.4) is 0 Å². The van der Waals surface area contributed by atoms with Crippen molar-refractivity contribution in [3.8, 4) is 17.0 Å². The molecule has 0 saturated carbocycles. The highest BCUT2D eigenvalue weighted by Crippen LogP contribution is 2.41. The Kier molecular flexibility index (Phi) is 8.92. The molecule has 0 unspecified atom stereocenters. The first-order valence-electron chi connectivity index (χ1n) is 12.5. The molecule has 2 aromatic heterocycles. The normalized spacial score (nSPS) is 11.6. The predicted molar refractivity (Wildman–Crippen MR) is 156 cm³/mol. The number of para-hydroxylation sites is 1. The van der Waals surface area contributed by atoms with Crippen molar-refractivity contribution in [2.24, 2.45) is 7.05 Å². The first-order valence-corrected chi connectivity index (χ1v) is 12.9. The molecule has 2 aromatic carbocycles. The lowest BCUT2D eigenvalue weighted by molar-refractivity contribution is -0.274. The van der Waals surface area contributed by atoms with Crippen molar-refractivity contribution >= 4 is 51.4 Å². The molecule has 0 aliphatic heterocycles. The molecule has 0 bridgehead atoms. The van der Waals surface area contributed by atoms with Crippen molar-refractivity contribution in [2.45, 2.75) is 6.36 Å². The highest BCUT2D eigenvalue weighted by Gasteiger charge is 2.33. The van der Waals surface area contributed by atoms with Crippen molar-refractivity contribution in [2.75, 3.05) is 49.8 Å². The van der Waals surface area contributed by atoms with Gasteiger partial charge in [-0.15, -0.1) is 13.2 Å². The molecule has 0 spiro atoms. The number of hydrogen-bond acceptors (Lipinski definition) is 7. The summed E-state index contributed by atoms with van der Waals surface area (Å²) in [6.45, 7) is 3.88. The molecule has 9 nitrogen and oxygen atoms in total. The topological polar surface area (TPSA) is 87.5 Å². The molecule has 4 aromatic rings. The van der Waals surface area contributed by atoms with Gasteiger partial charge in [-0.25, -0.2) is 14.4 Å². The third-order valence-corrected chi connectivity index (χ3v) is 6.53. The van der Waals surface area contributed by atoms with Gasteiger partial charge < -0.3 is 29.7 Å². The van der Waals surface area contributed by atoms with Gasteiger partial charge in [0, 0.05) is 55.9 Å². The summed E-state index contributed by atoms with van der Waals surface area (Å²) in [5.74, 6) is -3.16. The molecule has 0 atom stereocenters. The second kappa shape index (κ2) is 12.2. The van der Waals surface area contributed by atoms with Crippen LogP contribution in [-0.4, -0.2) is 65.9 Å². The van der Waals surface area contributed by atoms with E-state index in [0.717, 1.165) is 17.0 Å². The summed E-state index contributed by atoms with van der Waals surface area (Å²) >= 11 is 6.45. The first-order chi connectivity index (χ1) is 19.7. The molecule has 2 heterocycles. The molecule has 222 valence electrons. The molecule has 14 heteroatoms. The van der Waals surface area contributed by atoms with Crippen LogP contribution >= 0.6 is 11.6 Å². The number of carbonyl (C=O) groups is 1. The maximum atomic E-state index is 13.6. The summed E-state index contributed by atoms with van der Waals surface area (Å²) in [5.41, 5.74) is 1.84. The van der Waals surface area contributed by atoms with E-state index in [0.29, 0.717) is 24.3 Å². The Balaban J connectivity index is 1.82. The van der Waals surface area contributed by atoms with Crippen molar-refractivity contribution in [1.29, 1.82) is 0 Å². The smallest absolute Gasteiger partial charge is 0.403 e. The molecule has 1 amide bonds. The Morgan fingerprint density at radius 2 is 1.86 bits per heavy atom. The number of nitrogens with one attached hydrogen (secondary N) is 2. The van der Waals surface area contributed by atoms with E-state index in [1.54, 1.807) is 11.9 Å². The van der Waals surface area contributed by atoms with Gasteiger partial charge >= 0.3 is 6.36 Å². The van der Waals surface area contributed by atoms with E-state index in [-0.39, 0.29) is 28.0 Å². The fourth-order valence-corrected chi connectivity index (χ4v) is 4.41. The van der Waals surface area contributed by atoms with E-state index in [4.69, 9.17) is 11.6 Å². The number of anilines is 4. The fourth-order valence-electron chi connectivity index (χ4n) is 4.22. The quantitative estimate of drug-likeness (QED) is 0.161. The molecule has 0 radical (unpaired) electrons. The van der Waals surface area contributed by atoms with Crippen LogP contribution in [0.2, 0.25) is 5.02 Å². The Labute approximate surface area is 244 Å². The van der Waals surface area contributed by atoms with E-state index in [2.05, 4.69) is 31.9 Å². The molecule has 42 heavy (non-hydrogen) atoms. The monoisotopic (exact) mass is 605 g/mol. The lowest BCUT2D eigenvalue weighted by Crippen LogP contribution is -2.29. The lowest BCUT2D eigenvalue weighted by Gasteiger charge is -2.26. The second-order valence-electron chi connectivity index (χ2n) is 9.68. The number of hydrogen-bond donors (Lipinski definition) is 2. The van der Waals surface area contributed by atoms with Gasteiger partial charge in [0.15, 0.2) is 11.6 Å². The highest BCUT2D eigenvalue weighted by atomic mass is 35.5. The molecule has 0 aliphatic rings. The number of likely N-dealkylation sites (N-methyl/N-ethyl adjacent to an activating group) is 2. The third kappa shape index (κ3) is 7.09. The van der Waals surface area contributed by atoms with Crippen molar-refractivity contribution in [1.82, 2.24) is 19.4 Å². The van der Waals surface area contributed by atoms with Crippen molar-refractivity contribution in [3.63, 3.8) is 0 Å². The summed E-state index contributed by atoms with van der Waals surface area (Å²) in [5, 5.41) is 6.17. The number of benzene rings is 2. The van der Waals surface area contributed by atoms with Crippen LogP contribution in [0.1, 0.15) is 0 Å². The molecule has 0 saturated heterocycles. The highest BCUT2D eigenvalue weighted by molar-refractivity contribution is 6.33. The maximum Gasteiger partial charge on any atom is 0.573 e. The Hall–Kier alpha value is -4.36. The van der Waals surface area contributed by atoms with Gasteiger partial charge in [-0.05, 0) is 26.2 Å². The number of ether oxygens (including phenoxy) is 1. The number of halogens is 5. The first kappa shape index (κ1) is 30.6. The average molecular weight is 606 g/mol. The van der Waals surface area contributed by atoms with E-state index >= 15 is 0 Å². The van der Waals surface area contributed by atoms with E-state index < -0.39 is 23.8 Å². The zero-order valence-corrected chi connectivity index (χ0v) is 23.9. The molecular formula is C28H28ClF4N7O2.